The number of carbonyl (C=O) groups is 1. The minimum atomic E-state index is -5.33. The number of hydrogen-bond acceptors (Lipinski definition) is 10. The lowest BCUT2D eigenvalue weighted by atomic mass is 10.0. The van der Waals surface area contributed by atoms with Gasteiger partial charge in [0, 0.05) is 5.57 Å². The van der Waals surface area contributed by atoms with Crippen molar-refractivity contribution in [1.29, 1.82) is 0 Å². The van der Waals surface area contributed by atoms with Gasteiger partial charge in [0.2, 0.25) is 0 Å². The third kappa shape index (κ3) is 23.1. The fourth-order valence-corrected chi connectivity index (χ4v) is 10.3. The quantitative estimate of drug-likeness (QED) is 0.0307. The molecule has 0 aromatic heterocycles. The molecule has 11 nitrogen and oxygen atoms in total. The second kappa shape index (κ2) is 22.1. The van der Waals surface area contributed by atoms with E-state index in [1.165, 1.54) is 90.4 Å². The van der Waals surface area contributed by atoms with Gasteiger partial charge in [0.05, 0.1) is 13.1 Å². The molecule has 0 amide bonds. The van der Waals surface area contributed by atoms with Crippen LogP contribution in [0.4, 0.5) is 0 Å². The van der Waals surface area contributed by atoms with E-state index >= 15 is 0 Å². The molecule has 0 bridgehead atoms. The maximum Gasteiger partial charge on any atom is 0.659 e. The van der Waals surface area contributed by atoms with Crippen molar-refractivity contribution < 1.29 is 51.4 Å². The zero-order valence-corrected chi connectivity index (χ0v) is 28.2. The number of hydrogen-bond donors (Lipinski definition) is 7. The summed E-state index contributed by atoms with van der Waals surface area (Å²) in [6, 6.07) is 0. The first kappa shape index (κ1) is 39.5. The Morgan fingerprint density at radius 1 is 0.675 bits per heavy atom. The van der Waals surface area contributed by atoms with Crippen LogP contribution < -0.4 is 4.90 Å². The van der Waals surface area contributed by atoms with E-state index in [1.54, 1.807) is 0 Å². The van der Waals surface area contributed by atoms with E-state index in [9.17, 15) is 33.6 Å². The van der Waals surface area contributed by atoms with Gasteiger partial charge in [-0.1, -0.05) is 103 Å². The van der Waals surface area contributed by atoms with Crippen LogP contribution in [0.25, 0.3) is 0 Å². The highest BCUT2D eigenvalue weighted by Crippen LogP contribution is 2.14. The number of rotatable bonds is 27. The molecule has 14 heteroatoms. The number of ether oxygens (including phenoxy) is 1. The molecule has 0 aromatic rings. The molecule has 0 rings (SSSR count). The van der Waals surface area contributed by atoms with Crippen molar-refractivity contribution in [3.05, 3.63) is 12.2 Å². The van der Waals surface area contributed by atoms with E-state index in [-0.39, 0.29) is 11.7 Å². The molecule has 0 saturated carbocycles. The third-order valence-corrected chi connectivity index (χ3v) is 12.9. The predicted molar refractivity (Wildman–Crippen MR) is 159 cm³/mol. The smallest absolute Gasteiger partial charge is 0.458 e. The molecule has 238 valence electrons. The fraction of sp³-hybridized carbons (Fsp3) is 0.885. The summed E-state index contributed by atoms with van der Waals surface area (Å²) in [6.45, 7) is 10.0. The molecule has 0 heterocycles. The highest BCUT2D eigenvalue weighted by molar-refractivity contribution is 6.75. The normalized spacial score (nSPS) is 13.4. The highest BCUT2D eigenvalue weighted by atomic mass is 28.5. The van der Waals surface area contributed by atoms with E-state index in [0.29, 0.717) is 13.1 Å². The molecule has 1 atom stereocenters. The lowest BCUT2D eigenvalue weighted by Gasteiger charge is -2.29. The zero-order chi connectivity index (χ0) is 30.5. The second-order valence-electron chi connectivity index (χ2n) is 10.9. The zero-order valence-electron chi connectivity index (χ0n) is 25.2. The fourth-order valence-electron chi connectivity index (χ4n) is 4.43. The van der Waals surface area contributed by atoms with Crippen LogP contribution in [0.2, 0.25) is 0 Å². The van der Waals surface area contributed by atoms with Crippen LogP contribution in [0.3, 0.4) is 0 Å². The summed E-state index contributed by atoms with van der Waals surface area (Å²) in [5.41, 5.74) is 0.00155. The Hall–Kier alpha value is -0.499. The third-order valence-electron chi connectivity index (χ3n) is 6.70. The Balaban J connectivity index is 4.07. The van der Waals surface area contributed by atoms with Crippen LogP contribution in [0.5, 0.6) is 0 Å². The van der Waals surface area contributed by atoms with E-state index in [4.69, 9.17) is 4.12 Å². The van der Waals surface area contributed by atoms with Gasteiger partial charge in [0.15, 0.2) is 6.23 Å². The van der Waals surface area contributed by atoms with Crippen molar-refractivity contribution in [2.75, 3.05) is 25.5 Å². The van der Waals surface area contributed by atoms with Crippen LogP contribution in [0.1, 0.15) is 124 Å². The largest absolute Gasteiger partial charge is 0.659 e. The number of carbonyl (C=O) groups excluding carboxylic acids is 1. The number of quaternary nitrogens is 1. The number of unbranched alkanes of at least 4 members (excludes halogenated alkanes) is 15. The molecule has 0 aliphatic heterocycles. The SMILES string of the molecule is C=C(C)C(=O)OC[Si](O)(O)O[Si](O)(O)O[Si](O)(O)C[NH+](CC)CCCCCCCCCCCCCCCCCC. The van der Waals surface area contributed by atoms with Crippen molar-refractivity contribution in [2.45, 2.75) is 124 Å². The van der Waals surface area contributed by atoms with E-state index in [2.05, 4.69) is 22.4 Å². The molecule has 1 unspecified atom stereocenters. The van der Waals surface area contributed by atoms with Crippen molar-refractivity contribution in [2.24, 2.45) is 0 Å². The summed E-state index contributed by atoms with van der Waals surface area (Å²) in [4.78, 5) is 72.5. The van der Waals surface area contributed by atoms with Gasteiger partial charge in [-0.15, -0.1) is 0 Å². The van der Waals surface area contributed by atoms with Crippen LogP contribution in [0.15, 0.2) is 12.2 Å². The number of esters is 1. The lowest BCUT2D eigenvalue weighted by Crippen LogP contribution is -3.14. The van der Waals surface area contributed by atoms with Gasteiger partial charge >= 0.3 is 32.6 Å². The lowest BCUT2D eigenvalue weighted by molar-refractivity contribution is -0.890. The average Bonchev–Trinajstić information content (AvgIpc) is 2.84. The summed E-state index contributed by atoms with van der Waals surface area (Å²) in [6.07, 6.45) is 19.0. The molecular formula is C26H58NO10Si3+. The molecule has 7 N–H and O–H groups in total. The van der Waals surface area contributed by atoms with E-state index in [1.807, 2.05) is 6.92 Å². The van der Waals surface area contributed by atoms with Gasteiger partial charge in [-0.25, -0.2) is 4.79 Å². The Labute approximate surface area is 245 Å². The first-order valence-electron chi connectivity index (χ1n) is 15.1. The molecule has 0 spiro atoms. The standard InChI is InChI=1S/C26H57NO10Si3/c1-5-7-8-9-10-11-12-13-14-15-16-17-18-19-20-21-22-27(6-2)23-38(29,30)36-40(33,34)37-39(31,32)24-35-26(28)25(3)4/h29-34H,3,5-24H2,1-2,4H3/p+1. The monoisotopic (exact) mass is 628 g/mol. The summed E-state index contributed by atoms with van der Waals surface area (Å²) in [7, 11) is -14.9. The highest BCUT2D eigenvalue weighted by Gasteiger charge is 2.56. The summed E-state index contributed by atoms with van der Waals surface area (Å²) in [5, 5.41) is 0. The minimum absolute atomic E-state index is 0.00155. The van der Waals surface area contributed by atoms with Crippen LogP contribution >= 0.6 is 0 Å². The molecule has 0 radical (unpaired) electrons. The van der Waals surface area contributed by atoms with Crippen molar-refractivity contribution in [1.82, 2.24) is 0 Å². The maximum absolute atomic E-state index is 11.4. The van der Waals surface area contributed by atoms with Gasteiger partial charge in [0.25, 0.3) is 0 Å². The van der Waals surface area contributed by atoms with Gasteiger partial charge in [0.1, 0.15) is 6.17 Å². The molecule has 0 aromatic carbocycles. The molecule has 0 aliphatic rings. The van der Waals surface area contributed by atoms with E-state index < -0.39 is 38.9 Å². The molecule has 40 heavy (non-hydrogen) atoms. The van der Waals surface area contributed by atoms with Gasteiger partial charge in [-0.05, 0) is 26.7 Å². The Kier molecular flexibility index (Phi) is 21.8. The Morgan fingerprint density at radius 3 is 1.48 bits per heavy atom. The average molecular weight is 629 g/mol. The van der Waals surface area contributed by atoms with Crippen LogP contribution in [-0.4, -0.2) is 86.9 Å². The Bertz CT molecular complexity index is 683. The molecular weight excluding hydrogens is 571 g/mol. The van der Waals surface area contributed by atoms with Crippen molar-refractivity contribution in [3.63, 3.8) is 0 Å². The minimum Gasteiger partial charge on any atom is -0.458 e. The van der Waals surface area contributed by atoms with Crippen LogP contribution in [0, 0.1) is 0 Å². The van der Waals surface area contributed by atoms with Gasteiger partial charge < -0.3 is 46.6 Å². The van der Waals surface area contributed by atoms with Gasteiger partial charge in [-0.2, -0.15) is 0 Å². The van der Waals surface area contributed by atoms with Gasteiger partial charge in [-0.3, -0.25) is 0 Å². The van der Waals surface area contributed by atoms with Crippen molar-refractivity contribution in [3.8, 4) is 0 Å². The topological polar surface area (TPSA) is 171 Å². The first-order chi connectivity index (χ1) is 18.7. The van der Waals surface area contributed by atoms with Crippen molar-refractivity contribution >= 4 is 32.6 Å². The number of nitrogens with one attached hydrogen (secondary N) is 1. The molecule has 0 aliphatic carbocycles. The summed E-state index contributed by atoms with van der Waals surface area (Å²) < 4.78 is 13.7. The first-order valence-corrected chi connectivity index (χ1v) is 20.9. The summed E-state index contributed by atoms with van der Waals surface area (Å²) >= 11 is 0. The second-order valence-corrected chi connectivity index (χ2v) is 17.3. The maximum atomic E-state index is 11.4. The van der Waals surface area contributed by atoms with Crippen LogP contribution in [-0.2, 0) is 17.8 Å². The predicted octanol–water partition coefficient (Wildman–Crippen LogP) is 1.65. The molecule has 0 saturated heterocycles. The summed E-state index contributed by atoms with van der Waals surface area (Å²) in [5.74, 6) is -0.919. The van der Waals surface area contributed by atoms with E-state index in [0.717, 1.165) is 24.2 Å². The Morgan fingerprint density at radius 2 is 1.07 bits per heavy atom. The molecule has 0 fully saturated rings.